The Morgan fingerprint density at radius 3 is 2.50 bits per heavy atom. The summed E-state index contributed by atoms with van der Waals surface area (Å²) >= 11 is 0. The van der Waals surface area contributed by atoms with E-state index in [0.717, 1.165) is 32.0 Å². The maximum Gasteiger partial charge on any atom is 0.119 e. The van der Waals surface area contributed by atoms with Crippen LogP contribution in [-0.4, -0.2) is 6.29 Å². The van der Waals surface area contributed by atoms with E-state index in [9.17, 15) is 4.79 Å². The maximum absolute atomic E-state index is 9.96. The predicted molar refractivity (Wildman–Crippen MR) is 51.8 cm³/mol. The second kappa shape index (κ2) is 10.2. The molecule has 0 aromatic heterocycles. The van der Waals surface area contributed by atoms with E-state index in [1.54, 1.807) is 0 Å². The number of hydrogen-bond acceptors (Lipinski definition) is 1. The first-order valence-corrected chi connectivity index (χ1v) is 4.81. The molecule has 0 unspecified atom stereocenters. The topological polar surface area (TPSA) is 17.1 Å². The van der Waals surface area contributed by atoms with Crippen LogP contribution in [0.4, 0.5) is 0 Å². The number of aldehydes is 1. The van der Waals surface area contributed by atoms with Crippen LogP contribution in [-0.2, 0) is 4.79 Å². The molecule has 0 aliphatic carbocycles. The molecule has 0 aromatic rings. The average molecular weight is 166 g/mol. The quantitative estimate of drug-likeness (QED) is 0.337. The molecule has 0 fully saturated rings. The molecule has 0 atom stereocenters. The van der Waals surface area contributed by atoms with Gasteiger partial charge < -0.3 is 4.79 Å². The van der Waals surface area contributed by atoms with Gasteiger partial charge in [0.05, 0.1) is 0 Å². The van der Waals surface area contributed by atoms with Crippen molar-refractivity contribution in [2.24, 2.45) is 0 Å². The highest BCUT2D eigenvalue weighted by Crippen LogP contribution is 2.03. The first-order chi connectivity index (χ1) is 5.91. The lowest BCUT2D eigenvalue weighted by Crippen LogP contribution is -1.79. The molecule has 12 heavy (non-hydrogen) atoms. The Kier molecular flexibility index (Phi) is 9.57. The largest absolute Gasteiger partial charge is 0.303 e. The first-order valence-electron chi connectivity index (χ1n) is 4.81. The second-order valence-corrected chi connectivity index (χ2v) is 2.83. The van der Waals surface area contributed by atoms with Gasteiger partial charge in [-0.15, -0.1) is 11.8 Å². The minimum atomic E-state index is 0.723. The van der Waals surface area contributed by atoms with Gasteiger partial charge in [-0.1, -0.05) is 19.8 Å². The Morgan fingerprint density at radius 1 is 1.08 bits per heavy atom. The van der Waals surface area contributed by atoms with Crippen molar-refractivity contribution < 1.29 is 4.79 Å². The average Bonchev–Trinajstić information content (AvgIpc) is 2.10. The van der Waals surface area contributed by atoms with Crippen molar-refractivity contribution in [3.8, 4) is 11.8 Å². The fourth-order valence-electron chi connectivity index (χ4n) is 1.01. The minimum Gasteiger partial charge on any atom is -0.303 e. The summed E-state index contributed by atoms with van der Waals surface area (Å²) in [4.78, 5) is 9.96. The van der Waals surface area contributed by atoms with E-state index in [-0.39, 0.29) is 0 Å². The van der Waals surface area contributed by atoms with E-state index in [4.69, 9.17) is 0 Å². The fourth-order valence-corrected chi connectivity index (χ4v) is 1.01. The van der Waals surface area contributed by atoms with Crippen LogP contribution in [0.3, 0.4) is 0 Å². The van der Waals surface area contributed by atoms with Gasteiger partial charge in [-0.3, -0.25) is 0 Å². The van der Waals surface area contributed by atoms with Gasteiger partial charge in [-0.05, 0) is 12.8 Å². The molecule has 0 rings (SSSR count). The highest BCUT2D eigenvalue weighted by molar-refractivity contribution is 5.48. The van der Waals surface area contributed by atoms with Crippen molar-refractivity contribution in [3.05, 3.63) is 0 Å². The van der Waals surface area contributed by atoms with Crippen LogP contribution >= 0.6 is 0 Å². The van der Waals surface area contributed by atoms with Gasteiger partial charge in [-0.2, -0.15) is 0 Å². The molecular formula is C11H18O. The van der Waals surface area contributed by atoms with Crippen LogP contribution in [0.15, 0.2) is 0 Å². The van der Waals surface area contributed by atoms with Crippen molar-refractivity contribution in [2.45, 2.75) is 51.9 Å². The molecule has 0 bridgehead atoms. The van der Waals surface area contributed by atoms with Crippen molar-refractivity contribution in [1.82, 2.24) is 0 Å². The van der Waals surface area contributed by atoms with Gasteiger partial charge in [0.15, 0.2) is 0 Å². The second-order valence-electron chi connectivity index (χ2n) is 2.83. The van der Waals surface area contributed by atoms with Gasteiger partial charge in [0.1, 0.15) is 6.29 Å². The molecule has 0 spiro atoms. The van der Waals surface area contributed by atoms with Crippen molar-refractivity contribution in [1.29, 1.82) is 0 Å². The molecule has 0 aromatic carbocycles. The lowest BCUT2D eigenvalue weighted by atomic mass is 10.1. The Bertz CT molecular complexity index is 150. The van der Waals surface area contributed by atoms with Gasteiger partial charge >= 0.3 is 0 Å². The van der Waals surface area contributed by atoms with E-state index in [1.807, 2.05) is 0 Å². The third-order valence-corrected chi connectivity index (χ3v) is 1.68. The molecule has 1 heteroatoms. The zero-order chi connectivity index (χ0) is 9.07. The summed E-state index contributed by atoms with van der Waals surface area (Å²) in [6.45, 7) is 2.07. The molecule has 0 heterocycles. The maximum atomic E-state index is 9.96. The number of carbonyl (C=O) groups is 1. The summed E-state index contributed by atoms with van der Waals surface area (Å²) < 4.78 is 0. The fraction of sp³-hybridized carbons (Fsp3) is 0.727. The molecule has 0 radical (unpaired) electrons. The minimum absolute atomic E-state index is 0.723. The molecule has 68 valence electrons. The zero-order valence-corrected chi connectivity index (χ0v) is 7.94. The lowest BCUT2D eigenvalue weighted by Gasteiger charge is -1.93. The highest BCUT2D eigenvalue weighted by atomic mass is 16.1. The lowest BCUT2D eigenvalue weighted by molar-refractivity contribution is -0.107. The molecule has 0 aliphatic rings. The summed E-state index contributed by atoms with van der Waals surface area (Å²) in [5, 5.41) is 0. The van der Waals surface area contributed by atoms with Gasteiger partial charge in [-0.25, -0.2) is 0 Å². The summed E-state index contributed by atoms with van der Waals surface area (Å²) in [5.74, 6) is 6.15. The highest BCUT2D eigenvalue weighted by Gasteiger charge is 1.87. The van der Waals surface area contributed by atoms with Crippen LogP contribution in [0.5, 0.6) is 0 Å². The van der Waals surface area contributed by atoms with E-state index in [0.29, 0.717) is 0 Å². The normalized spacial score (nSPS) is 8.75. The van der Waals surface area contributed by atoms with E-state index < -0.39 is 0 Å². The number of rotatable bonds is 6. The van der Waals surface area contributed by atoms with Crippen molar-refractivity contribution >= 4 is 6.29 Å². The summed E-state index contributed by atoms with van der Waals surface area (Å²) in [5.41, 5.74) is 0. The van der Waals surface area contributed by atoms with Crippen LogP contribution in [0.1, 0.15) is 51.9 Å². The smallest absolute Gasteiger partial charge is 0.119 e. The number of carbonyl (C=O) groups excluding carboxylic acids is 1. The van der Waals surface area contributed by atoms with Crippen LogP contribution in [0.2, 0.25) is 0 Å². The van der Waals surface area contributed by atoms with Crippen LogP contribution in [0, 0.1) is 11.8 Å². The molecule has 0 N–H and O–H groups in total. The van der Waals surface area contributed by atoms with Crippen LogP contribution < -0.4 is 0 Å². The predicted octanol–water partition coefficient (Wildman–Crippen LogP) is 2.94. The van der Waals surface area contributed by atoms with Crippen molar-refractivity contribution in [2.75, 3.05) is 0 Å². The summed E-state index contributed by atoms with van der Waals surface area (Å²) in [7, 11) is 0. The molecule has 1 nitrogen and oxygen atoms in total. The molecular weight excluding hydrogens is 148 g/mol. The van der Waals surface area contributed by atoms with Gasteiger partial charge in [0.25, 0.3) is 0 Å². The molecule has 0 aliphatic heterocycles. The molecule has 0 amide bonds. The third kappa shape index (κ3) is 9.23. The first kappa shape index (κ1) is 11.2. The Morgan fingerprint density at radius 2 is 1.83 bits per heavy atom. The standard InChI is InChI=1S/C11H18O/c1-2-3-4-5-6-7-8-9-10-11-12/h11H,2,5-10H2,1H3. The van der Waals surface area contributed by atoms with Gasteiger partial charge in [0, 0.05) is 19.3 Å². The third-order valence-electron chi connectivity index (χ3n) is 1.68. The molecule has 0 saturated heterocycles. The summed E-state index contributed by atoms with van der Waals surface area (Å²) in [6.07, 6.45) is 8.33. The number of unbranched alkanes of at least 4 members (excludes halogenated alkanes) is 5. The van der Waals surface area contributed by atoms with Crippen molar-refractivity contribution in [3.63, 3.8) is 0 Å². The summed E-state index contributed by atoms with van der Waals surface area (Å²) in [6, 6.07) is 0. The SMILES string of the molecule is CCC#CCCCCCCC=O. The molecule has 0 saturated carbocycles. The van der Waals surface area contributed by atoms with Crippen LogP contribution in [0.25, 0.3) is 0 Å². The number of hydrogen-bond donors (Lipinski definition) is 0. The monoisotopic (exact) mass is 166 g/mol. The van der Waals surface area contributed by atoms with Gasteiger partial charge in [0.2, 0.25) is 0 Å². The zero-order valence-electron chi connectivity index (χ0n) is 7.94. The van der Waals surface area contributed by atoms with E-state index >= 15 is 0 Å². The Hall–Kier alpha value is -0.770. The Labute approximate surface area is 75.5 Å². The Balaban J connectivity index is 2.95. The van der Waals surface area contributed by atoms with E-state index in [2.05, 4.69) is 18.8 Å². The van der Waals surface area contributed by atoms with E-state index in [1.165, 1.54) is 19.3 Å².